The minimum absolute atomic E-state index is 0.513. The number of methoxy groups -OCH3 is 1. The molecular weight excluding hydrogens is 178 g/mol. The Balaban J connectivity index is 2.83. The topological polar surface area (TPSA) is 39.2 Å². The molecule has 1 heterocycles. The van der Waals surface area contributed by atoms with E-state index >= 15 is 0 Å². The second-order valence-corrected chi connectivity index (χ2v) is 2.88. The number of hydrogen-bond donors (Lipinski definition) is 0. The van der Waals surface area contributed by atoms with E-state index in [4.69, 9.17) is 4.74 Å². The molecule has 0 spiro atoms. The number of benzene rings is 1. The highest BCUT2D eigenvalue weighted by Crippen LogP contribution is 2.23. The molecule has 0 aliphatic rings. The van der Waals surface area contributed by atoms with Crippen molar-refractivity contribution in [3.05, 3.63) is 36.0 Å². The summed E-state index contributed by atoms with van der Waals surface area (Å²) in [6.45, 7) is 0. The van der Waals surface area contributed by atoms with E-state index in [0.29, 0.717) is 11.3 Å². The molecule has 0 aliphatic carbocycles. The van der Waals surface area contributed by atoms with Gasteiger partial charge in [-0.25, -0.2) is 0 Å². The van der Waals surface area contributed by atoms with Gasteiger partial charge in [-0.05, 0) is 6.07 Å². The summed E-state index contributed by atoms with van der Waals surface area (Å²) >= 11 is 0. The van der Waals surface area contributed by atoms with E-state index in [2.05, 4.69) is 4.98 Å². The Hall–Kier alpha value is -1.90. The molecule has 2 aromatic rings. The zero-order valence-corrected chi connectivity index (χ0v) is 7.73. The van der Waals surface area contributed by atoms with Crippen LogP contribution in [-0.4, -0.2) is 18.4 Å². The number of hydrogen-bond acceptors (Lipinski definition) is 3. The molecule has 0 radical (unpaired) electrons. The van der Waals surface area contributed by atoms with Crippen molar-refractivity contribution in [2.75, 3.05) is 7.11 Å². The fourth-order valence-corrected chi connectivity index (χ4v) is 1.43. The Morgan fingerprint density at radius 1 is 1.36 bits per heavy atom. The van der Waals surface area contributed by atoms with Gasteiger partial charge in [0.2, 0.25) is 0 Å². The van der Waals surface area contributed by atoms with Gasteiger partial charge in [-0.15, -0.1) is 0 Å². The molecular formula is C11H9NO2. The first-order valence-corrected chi connectivity index (χ1v) is 4.23. The van der Waals surface area contributed by atoms with Crippen molar-refractivity contribution in [2.24, 2.45) is 0 Å². The molecule has 0 atom stereocenters. The minimum atomic E-state index is 0.513. The molecule has 1 aromatic heterocycles. The summed E-state index contributed by atoms with van der Waals surface area (Å²) in [5, 5.41) is 0.821. The number of aldehydes is 1. The Labute approximate surface area is 81.3 Å². The lowest BCUT2D eigenvalue weighted by Gasteiger charge is -2.05. The lowest BCUT2D eigenvalue weighted by Crippen LogP contribution is -1.93. The van der Waals surface area contributed by atoms with E-state index in [1.165, 1.54) is 7.11 Å². The highest BCUT2D eigenvalue weighted by Gasteiger charge is 2.06. The Morgan fingerprint density at radius 3 is 2.86 bits per heavy atom. The van der Waals surface area contributed by atoms with Crippen molar-refractivity contribution in [3.8, 4) is 5.75 Å². The SMILES string of the molecule is COc1cnc2ccccc2c1C=O. The van der Waals surface area contributed by atoms with Gasteiger partial charge < -0.3 is 4.74 Å². The summed E-state index contributed by atoms with van der Waals surface area (Å²) in [5.74, 6) is 0.513. The molecule has 0 amide bonds. The zero-order chi connectivity index (χ0) is 9.97. The molecule has 3 nitrogen and oxygen atoms in total. The third kappa shape index (κ3) is 1.23. The monoisotopic (exact) mass is 187 g/mol. The molecule has 2 rings (SSSR count). The second-order valence-electron chi connectivity index (χ2n) is 2.88. The van der Waals surface area contributed by atoms with Crippen LogP contribution in [0.3, 0.4) is 0 Å². The summed E-state index contributed by atoms with van der Waals surface area (Å²) in [6, 6.07) is 7.48. The van der Waals surface area contributed by atoms with Crippen LogP contribution < -0.4 is 4.74 Å². The molecule has 0 fully saturated rings. The maximum Gasteiger partial charge on any atom is 0.154 e. The van der Waals surface area contributed by atoms with Crippen molar-refractivity contribution < 1.29 is 9.53 Å². The highest BCUT2D eigenvalue weighted by molar-refractivity contribution is 5.98. The van der Waals surface area contributed by atoms with Gasteiger partial charge in [-0.1, -0.05) is 18.2 Å². The van der Waals surface area contributed by atoms with E-state index in [0.717, 1.165) is 17.2 Å². The van der Waals surface area contributed by atoms with E-state index in [1.54, 1.807) is 6.20 Å². The van der Waals surface area contributed by atoms with Crippen molar-refractivity contribution in [2.45, 2.75) is 0 Å². The van der Waals surface area contributed by atoms with Crippen LogP contribution in [0.25, 0.3) is 10.9 Å². The van der Waals surface area contributed by atoms with Crippen LogP contribution in [0.5, 0.6) is 5.75 Å². The summed E-state index contributed by atoms with van der Waals surface area (Å²) < 4.78 is 5.05. The Kier molecular flexibility index (Phi) is 2.14. The van der Waals surface area contributed by atoms with Crippen LogP contribution >= 0.6 is 0 Å². The van der Waals surface area contributed by atoms with E-state index in [-0.39, 0.29) is 0 Å². The number of carbonyl (C=O) groups is 1. The van der Waals surface area contributed by atoms with Gasteiger partial charge in [0.25, 0.3) is 0 Å². The first-order valence-electron chi connectivity index (χ1n) is 4.23. The van der Waals surface area contributed by atoms with Crippen molar-refractivity contribution in [1.29, 1.82) is 0 Å². The number of fused-ring (bicyclic) bond motifs is 1. The number of carbonyl (C=O) groups excluding carboxylic acids is 1. The maximum absolute atomic E-state index is 10.9. The van der Waals surface area contributed by atoms with Gasteiger partial charge in [0.15, 0.2) is 6.29 Å². The van der Waals surface area contributed by atoms with Crippen molar-refractivity contribution in [1.82, 2.24) is 4.98 Å². The number of pyridine rings is 1. The van der Waals surface area contributed by atoms with Crippen molar-refractivity contribution in [3.63, 3.8) is 0 Å². The number of aromatic nitrogens is 1. The van der Waals surface area contributed by atoms with Gasteiger partial charge >= 0.3 is 0 Å². The molecule has 0 unspecified atom stereocenters. The van der Waals surface area contributed by atoms with Gasteiger partial charge in [0.1, 0.15) is 5.75 Å². The molecule has 0 bridgehead atoms. The van der Waals surface area contributed by atoms with Crippen LogP contribution in [0.2, 0.25) is 0 Å². The number of rotatable bonds is 2. The molecule has 0 aliphatic heterocycles. The smallest absolute Gasteiger partial charge is 0.154 e. The maximum atomic E-state index is 10.9. The number of para-hydroxylation sites is 1. The third-order valence-corrected chi connectivity index (χ3v) is 2.12. The Bertz CT molecular complexity index is 480. The quantitative estimate of drug-likeness (QED) is 0.675. The predicted octanol–water partition coefficient (Wildman–Crippen LogP) is 2.06. The van der Waals surface area contributed by atoms with Crippen LogP contribution in [0.4, 0.5) is 0 Å². The second kappa shape index (κ2) is 3.46. The van der Waals surface area contributed by atoms with Gasteiger partial charge in [0, 0.05) is 5.39 Å². The molecule has 0 saturated heterocycles. The highest BCUT2D eigenvalue weighted by atomic mass is 16.5. The first kappa shape index (κ1) is 8.69. The first-order chi connectivity index (χ1) is 6.86. The minimum Gasteiger partial charge on any atom is -0.494 e. The molecule has 1 aromatic carbocycles. The fourth-order valence-electron chi connectivity index (χ4n) is 1.43. The number of nitrogens with zero attached hydrogens (tertiary/aromatic N) is 1. The molecule has 3 heteroatoms. The largest absolute Gasteiger partial charge is 0.494 e. The molecule has 70 valence electrons. The van der Waals surface area contributed by atoms with E-state index in [9.17, 15) is 4.79 Å². The fraction of sp³-hybridized carbons (Fsp3) is 0.0909. The molecule has 0 N–H and O–H groups in total. The molecule has 0 saturated carbocycles. The predicted molar refractivity (Wildman–Crippen MR) is 53.7 cm³/mol. The van der Waals surface area contributed by atoms with Crippen molar-refractivity contribution >= 4 is 17.2 Å². The normalized spacial score (nSPS) is 10.1. The summed E-state index contributed by atoms with van der Waals surface area (Å²) in [7, 11) is 1.53. The molecule has 14 heavy (non-hydrogen) atoms. The lowest BCUT2D eigenvalue weighted by atomic mass is 10.1. The standard InChI is InChI=1S/C11H9NO2/c1-14-11-6-12-10-5-3-2-4-8(10)9(11)7-13/h2-7H,1H3. The zero-order valence-electron chi connectivity index (χ0n) is 7.73. The summed E-state index contributed by atoms with van der Waals surface area (Å²) in [6.07, 6.45) is 2.36. The number of ether oxygens (including phenoxy) is 1. The van der Waals surface area contributed by atoms with Gasteiger partial charge in [-0.2, -0.15) is 0 Å². The van der Waals surface area contributed by atoms with Gasteiger partial charge in [-0.3, -0.25) is 9.78 Å². The van der Waals surface area contributed by atoms with E-state index < -0.39 is 0 Å². The summed E-state index contributed by atoms with van der Waals surface area (Å²) in [4.78, 5) is 15.1. The van der Waals surface area contributed by atoms with E-state index in [1.807, 2.05) is 24.3 Å². The van der Waals surface area contributed by atoms with Crippen LogP contribution in [0.1, 0.15) is 10.4 Å². The van der Waals surface area contributed by atoms with Crippen LogP contribution in [0, 0.1) is 0 Å². The average molecular weight is 187 g/mol. The van der Waals surface area contributed by atoms with Gasteiger partial charge in [0.05, 0.1) is 24.4 Å². The average Bonchev–Trinajstić information content (AvgIpc) is 2.27. The Morgan fingerprint density at radius 2 is 2.14 bits per heavy atom. The summed E-state index contributed by atoms with van der Waals surface area (Å²) in [5.41, 5.74) is 1.36. The lowest BCUT2D eigenvalue weighted by molar-refractivity contribution is 0.112. The third-order valence-electron chi connectivity index (χ3n) is 2.12. The van der Waals surface area contributed by atoms with Crippen LogP contribution in [0.15, 0.2) is 30.5 Å². The van der Waals surface area contributed by atoms with Crippen LogP contribution in [-0.2, 0) is 0 Å².